The van der Waals surface area contributed by atoms with Gasteiger partial charge in [0.15, 0.2) is 0 Å². The van der Waals surface area contributed by atoms with E-state index in [1.165, 1.54) is 234 Å². The second kappa shape index (κ2) is 38.9. The number of unbranched alkanes of at least 4 members (excludes halogenated alkanes) is 20. The number of fused-ring (bicyclic) bond motifs is 6. The highest BCUT2D eigenvalue weighted by molar-refractivity contribution is 5.89. The summed E-state index contributed by atoms with van der Waals surface area (Å²) in [5.41, 5.74) is 28.0. The molecule has 0 fully saturated rings. The first-order chi connectivity index (χ1) is 54.9. The molecule has 3 heteroatoms. The Bertz CT molecular complexity index is 4690. The Balaban J connectivity index is 0.928. The van der Waals surface area contributed by atoms with E-state index in [1.54, 1.807) is 11.1 Å². The molecule has 0 radical (unpaired) electrons. The molecule has 10 aromatic rings. The van der Waals surface area contributed by atoms with Gasteiger partial charge in [-0.1, -0.05) is 378 Å². The fraction of sp³-hybridized carbons (Fsp3) is 0.418. The van der Waals surface area contributed by atoms with Crippen molar-refractivity contribution in [1.82, 2.24) is 0 Å². The van der Waals surface area contributed by atoms with Gasteiger partial charge < -0.3 is 14.4 Å². The van der Waals surface area contributed by atoms with Crippen molar-refractivity contribution in [2.24, 2.45) is 0 Å². The van der Waals surface area contributed by atoms with E-state index < -0.39 is 0 Å². The topological polar surface area (TPSA) is 21.7 Å². The number of anilines is 3. The molecule has 2 aliphatic rings. The summed E-state index contributed by atoms with van der Waals surface area (Å²) in [4.78, 5) is 2.48. The van der Waals surface area contributed by atoms with E-state index in [0.717, 1.165) is 87.1 Å². The molecule has 113 heavy (non-hydrogen) atoms. The first-order valence-corrected chi connectivity index (χ1v) is 44.6. The van der Waals surface area contributed by atoms with Crippen LogP contribution in [0.2, 0.25) is 0 Å². The van der Waals surface area contributed by atoms with E-state index >= 15 is 0 Å². The van der Waals surface area contributed by atoms with Gasteiger partial charge in [-0.15, -0.1) is 0 Å². The number of rotatable bonds is 42. The maximum absolute atomic E-state index is 7.14. The van der Waals surface area contributed by atoms with Gasteiger partial charge in [-0.3, -0.25) is 0 Å². The highest BCUT2D eigenvalue weighted by Gasteiger charge is 2.45. The first-order valence-electron chi connectivity index (χ1n) is 44.6. The second-order valence-electron chi connectivity index (χ2n) is 35.7. The van der Waals surface area contributed by atoms with Gasteiger partial charge in [0, 0.05) is 39.0 Å². The molecule has 12 rings (SSSR count). The van der Waals surface area contributed by atoms with Crippen LogP contribution in [0.4, 0.5) is 17.1 Å². The minimum atomic E-state index is -0.267. The van der Waals surface area contributed by atoms with Gasteiger partial charge in [0.25, 0.3) is 0 Å². The minimum absolute atomic E-state index is 0.00959. The Kier molecular flexibility index (Phi) is 28.8. The molecule has 1 unspecified atom stereocenters. The summed E-state index contributed by atoms with van der Waals surface area (Å²) < 4.78 is 14.2. The molecule has 0 amide bonds. The van der Waals surface area contributed by atoms with E-state index in [9.17, 15) is 0 Å². The molecule has 0 heterocycles. The standard InChI is InChI=1S/C110H135NO2/c1-15-22-26-30-34-38-70-109(71-39-35-31-27-23-16-2)100-74-86(52-66-95(100)97-68-54-88(76-102(97)109)99-78-106(113-94-64-44-82(21-7)45-65-94)104(108(12,13)14)79-105(99)112-93-62-42-81(20-6)43-63-93)84-48-58-91(59-49-84)111(90-56-46-83(47-57-90)80(8)19-5)92-60-50-85(51-61-92)87-53-67-96-98-69-55-89(107(9,10)11)77-103(98)110(101(96)75-87,72-40-36-32-28-24-17-3)73-41-37-33-29-25-18-4/h20-21,42-69,74-80H,6-7,15-19,22-41,70-73H2,1-5,8-14H3. The highest BCUT2D eigenvalue weighted by Crippen LogP contribution is 2.59. The summed E-state index contributed by atoms with van der Waals surface area (Å²) in [5, 5.41) is 0. The first kappa shape index (κ1) is 83.5. The van der Waals surface area contributed by atoms with Crippen molar-refractivity contribution >= 4 is 29.2 Å². The second-order valence-corrected chi connectivity index (χ2v) is 35.7. The van der Waals surface area contributed by atoms with E-state index in [0.29, 0.717) is 5.92 Å². The SMILES string of the molecule is C=Cc1ccc(Oc2cc(C(C)(C)C)c(Oc3ccc(C=C)cc3)cc2-c2ccc3c(c2)C(CCCCCCCC)(CCCCCCCC)c2cc(-c4ccc(N(c5ccc(-c6ccc7c(c6)C(CCCCCCCC)(CCCCCCCC)c6cc(C(C)(C)C)ccc6-7)cc5)c5ccc(C(C)CC)cc5)cc4)ccc2-3)cc1. The van der Waals surface area contributed by atoms with Crippen LogP contribution in [0.1, 0.15) is 325 Å². The Morgan fingerprint density at radius 1 is 0.327 bits per heavy atom. The smallest absolute Gasteiger partial charge is 0.135 e. The van der Waals surface area contributed by atoms with E-state index in [2.05, 4.69) is 307 Å². The van der Waals surface area contributed by atoms with Crippen LogP contribution in [0.25, 0.3) is 67.8 Å². The minimum Gasteiger partial charge on any atom is -0.457 e. The van der Waals surface area contributed by atoms with Crippen molar-refractivity contribution in [2.75, 3.05) is 4.90 Å². The Morgan fingerprint density at radius 3 is 1.04 bits per heavy atom. The zero-order valence-corrected chi connectivity index (χ0v) is 71.5. The van der Waals surface area contributed by atoms with Crippen LogP contribution in [0, 0.1) is 0 Å². The normalized spacial score (nSPS) is 13.5. The lowest BCUT2D eigenvalue weighted by Crippen LogP contribution is -2.26. The molecule has 0 aliphatic heterocycles. The monoisotopic (exact) mass is 1500 g/mol. The van der Waals surface area contributed by atoms with Gasteiger partial charge in [-0.25, -0.2) is 0 Å². The van der Waals surface area contributed by atoms with Crippen molar-refractivity contribution in [1.29, 1.82) is 0 Å². The van der Waals surface area contributed by atoms with Crippen LogP contribution in [-0.4, -0.2) is 0 Å². The van der Waals surface area contributed by atoms with Gasteiger partial charge >= 0.3 is 0 Å². The van der Waals surface area contributed by atoms with Crippen molar-refractivity contribution in [3.05, 3.63) is 269 Å². The van der Waals surface area contributed by atoms with Crippen LogP contribution in [0.15, 0.2) is 219 Å². The third kappa shape index (κ3) is 19.7. The zero-order chi connectivity index (χ0) is 79.5. The summed E-state index contributed by atoms with van der Waals surface area (Å²) in [5.74, 6) is 3.68. The predicted molar refractivity (Wildman–Crippen MR) is 491 cm³/mol. The third-order valence-corrected chi connectivity index (χ3v) is 25.6. The average molecular weight is 1500 g/mol. The Morgan fingerprint density at radius 2 is 0.664 bits per heavy atom. The Labute approximate surface area is 684 Å². The number of benzene rings is 10. The lowest BCUT2D eigenvalue weighted by molar-refractivity contribution is 0.397. The average Bonchev–Trinajstić information content (AvgIpc) is 1.57. The number of hydrogen-bond acceptors (Lipinski definition) is 3. The summed E-state index contributed by atoms with van der Waals surface area (Å²) >= 11 is 0. The van der Waals surface area contributed by atoms with E-state index in [1.807, 2.05) is 12.2 Å². The number of nitrogens with zero attached hydrogens (tertiary/aromatic N) is 1. The Hall–Kier alpha value is -8.92. The van der Waals surface area contributed by atoms with Crippen molar-refractivity contribution in [2.45, 2.75) is 297 Å². The van der Waals surface area contributed by atoms with Crippen molar-refractivity contribution in [3.63, 3.8) is 0 Å². The molecule has 0 saturated heterocycles. The van der Waals surface area contributed by atoms with Crippen LogP contribution in [0.3, 0.4) is 0 Å². The third-order valence-electron chi connectivity index (χ3n) is 25.6. The molecular formula is C110H135NO2. The molecule has 0 saturated carbocycles. The predicted octanol–water partition coefficient (Wildman–Crippen LogP) is 34.7. The summed E-state index contributed by atoms with van der Waals surface area (Å²) in [6.45, 7) is 36.0. The fourth-order valence-electron chi connectivity index (χ4n) is 18.5. The highest BCUT2D eigenvalue weighted by atomic mass is 16.5. The molecule has 3 nitrogen and oxygen atoms in total. The van der Waals surface area contributed by atoms with E-state index in [4.69, 9.17) is 9.47 Å². The molecule has 1 atom stereocenters. The van der Waals surface area contributed by atoms with Gasteiger partial charge in [-0.2, -0.15) is 0 Å². The van der Waals surface area contributed by atoms with E-state index in [-0.39, 0.29) is 21.7 Å². The van der Waals surface area contributed by atoms with Gasteiger partial charge in [0.2, 0.25) is 0 Å². The maximum atomic E-state index is 7.14. The largest absolute Gasteiger partial charge is 0.457 e. The summed E-state index contributed by atoms with van der Waals surface area (Å²) in [6.07, 6.45) is 40.2. The van der Waals surface area contributed by atoms with Crippen molar-refractivity contribution < 1.29 is 9.47 Å². The van der Waals surface area contributed by atoms with Gasteiger partial charge in [-0.05, 0) is 234 Å². The van der Waals surface area contributed by atoms with Gasteiger partial charge in [0.1, 0.15) is 23.0 Å². The maximum Gasteiger partial charge on any atom is 0.135 e. The zero-order valence-electron chi connectivity index (χ0n) is 71.5. The van der Waals surface area contributed by atoms with Gasteiger partial charge in [0.05, 0.1) is 0 Å². The molecule has 10 aromatic carbocycles. The molecule has 592 valence electrons. The number of ether oxygens (including phenoxy) is 2. The van der Waals surface area contributed by atoms with Crippen LogP contribution in [-0.2, 0) is 21.7 Å². The lowest BCUT2D eigenvalue weighted by Gasteiger charge is -2.34. The molecule has 0 spiro atoms. The van der Waals surface area contributed by atoms with Crippen LogP contribution < -0.4 is 14.4 Å². The van der Waals surface area contributed by atoms with Crippen molar-refractivity contribution in [3.8, 4) is 78.6 Å². The molecule has 0 aromatic heterocycles. The molecule has 2 aliphatic carbocycles. The quantitative estimate of drug-likeness (QED) is 0.0356. The van der Waals surface area contributed by atoms with Crippen LogP contribution in [0.5, 0.6) is 23.0 Å². The molecule has 0 N–H and O–H groups in total. The van der Waals surface area contributed by atoms with Crippen LogP contribution >= 0.6 is 0 Å². The lowest BCUT2D eigenvalue weighted by atomic mass is 9.69. The summed E-state index contributed by atoms with van der Waals surface area (Å²) in [7, 11) is 0. The summed E-state index contributed by atoms with van der Waals surface area (Å²) in [6, 6.07) is 79.6. The number of hydrogen-bond donors (Lipinski definition) is 0. The fourth-order valence-corrected chi connectivity index (χ4v) is 18.5. The molecular weight excluding hydrogens is 1370 g/mol. The molecule has 0 bridgehead atoms.